The van der Waals surface area contributed by atoms with Crippen LogP contribution in [0.15, 0.2) is 53.5 Å². The van der Waals surface area contributed by atoms with Gasteiger partial charge >= 0.3 is 0 Å². The molecule has 1 saturated heterocycles. The maximum absolute atomic E-state index is 13.4. The molecule has 1 heterocycles. The molecule has 0 bridgehead atoms. The molecule has 0 saturated carbocycles. The van der Waals surface area contributed by atoms with Crippen molar-refractivity contribution in [3.8, 4) is 5.75 Å². The first-order valence-electron chi connectivity index (χ1n) is 9.77. The number of aliphatic imine (C=N–C) groups is 1. The van der Waals surface area contributed by atoms with Gasteiger partial charge in [0.05, 0.1) is 13.2 Å². The molecule has 0 radical (unpaired) electrons. The van der Waals surface area contributed by atoms with Gasteiger partial charge in [0.15, 0.2) is 5.96 Å². The van der Waals surface area contributed by atoms with E-state index in [1.54, 1.807) is 20.2 Å². The largest absolute Gasteiger partial charge is 0.496 e. The Morgan fingerprint density at radius 2 is 1.93 bits per heavy atom. The van der Waals surface area contributed by atoms with Gasteiger partial charge in [-0.1, -0.05) is 30.3 Å². The van der Waals surface area contributed by atoms with E-state index in [9.17, 15) is 4.39 Å². The van der Waals surface area contributed by atoms with Gasteiger partial charge in [0.1, 0.15) is 11.6 Å². The predicted molar refractivity (Wildman–Crippen MR) is 111 cm³/mol. The molecule has 0 aliphatic carbocycles. The number of nitrogens with zero attached hydrogens (tertiary/aromatic N) is 2. The van der Waals surface area contributed by atoms with Crippen LogP contribution in [0.3, 0.4) is 0 Å². The third-order valence-corrected chi connectivity index (χ3v) is 5.11. The van der Waals surface area contributed by atoms with E-state index in [0.717, 1.165) is 24.4 Å². The monoisotopic (exact) mass is 384 g/mol. The minimum Gasteiger partial charge on any atom is -0.496 e. The SMILES string of the molecule is CN=C(NCc1cccc(F)c1)NCC(c1ccccc1OC)N1CCCC1. The Morgan fingerprint density at radius 1 is 1.14 bits per heavy atom. The minimum absolute atomic E-state index is 0.200. The molecule has 0 aromatic heterocycles. The third-order valence-electron chi connectivity index (χ3n) is 5.11. The quantitative estimate of drug-likeness (QED) is 0.568. The number of likely N-dealkylation sites (tertiary alicyclic amines) is 1. The molecule has 2 aromatic rings. The summed E-state index contributed by atoms with van der Waals surface area (Å²) in [6.45, 7) is 3.39. The Balaban J connectivity index is 1.66. The van der Waals surface area contributed by atoms with Crippen LogP contribution in [0, 0.1) is 5.82 Å². The number of benzene rings is 2. The lowest BCUT2D eigenvalue weighted by Crippen LogP contribution is -2.42. The summed E-state index contributed by atoms with van der Waals surface area (Å²) in [7, 11) is 3.46. The Labute approximate surface area is 166 Å². The summed E-state index contributed by atoms with van der Waals surface area (Å²) >= 11 is 0. The molecule has 0 spiro atoms. The average molecular weight is 384 g/mol. The summed E-state index contributed by atoms with van der Waals surface area (Å²) < 4.78 is 19.0. The van der Waals surface area contributed by atoms with Crippen LogP contribution in [0.1, 0.15) is 30.0 Å². The fraction of sp³-hybridized carbons (Fsp3) is 0.409. The van der Waals surface area contributed by atoms with Crippen LogP contribution in [0.2, 0.25) is 0 Å². The normalized spacial score (nSPS) is 16.0. The summed E-state index contributed by atoms with van der Waals surface area (Å²) in [4.78, 5) is 6.80. The number of hydrogen-bond donors (Lipinski definition) is 2. The molecule has 0 amide bonds. The maximum atomic E-state index is 13.4. The van der Waals surface area contributed by atoms with Gasteiger partial charge < -0.3 is 15.4 Å². The van der Waals surface area contributed by atoms with Gasteiger partial charge in [-0.2, -0.15) is 0 Å². The van der Waals surface area contributed by atoms with Gasteiger partial charge in [0.25, 0.3) is 0 Å². The lowest BCUT2D eigenvalue weighted by molar-refractivity contribution is 0.239. The highest BCUT2D eigenvalue weighted by atomic mass is 19.1. The van der Waals surface area contributed by atoms with Crippen molar-refractivity contribution < 1.29 is 9.13 Å². The first-order chi connectivity index (χ1) is 13.7. The van der Waals surface area contributed by atoms with Crippen molar-refractivity contribution in [3.63, 3.8) is 0 Å². The van der Waals surface area contributed by atoms with E-state index in [1.807, 2.05) is 18.2 Å². The van der Waals surface area contributed by atoms with Crippen molar-refractivity contribution in [1.29, 1.82) is 0 Å². The van der Waals surface area contributed by atoms with Crippen molar-refractivity contribution >= 4 is 5.96 Å². The highest BCUT2D eigenvalue weighted by Gasteiger charge is 2.26. The molecule has 5 nitrogen and oxygen atoms in total. The van der Waals surface area contributed by atoms with Gasteiger partial charge in [-0.15, -0.1) is 0 Å². The third kappa shape index (κ3) is 5.23. The van der Waals surface area contributed by atoms with Crippen molar-refractivity contribution in [2.45, 2.75) is 25.4 Å². The smallest absolute Gasteiger partial charge is 0.191 e. The second kappa shape index (κ2) is 10.1. The molecule has 2 aromatic carbocycles. The number of hydrogen-bond acceptors (Lipinski definition) is 3. The molecule has 1 atom stereocenters. The van der Waals surface area contributed by atoms with Crippen LogP contribution in [0.25, 0.3) is 0 Å². The van der Waals surface area contributed by atoms with Crippen LogP contribution in [-0.2, 0) is 6.54 Å². The summed E-state index contributed by atoms with van der Waals surface area (Å²) in [6, 6.07) is 15.0. The molecule has 1 aliphatic rings. The zero-order valence-electron chi connectivity index (χ0n) is 16.6. The van der Waals surface area contributed by atoms with Gasteiger partial charge in [0, 0.05) is 25.7 Å². The van der Waals surface area contributed by atoms with Crippen molar-refractivity contribution in [3.05, 3.63) is 65.5 Å². The highest BCUT2D eigenvalue weighted by molar-refractivity contribution is 5.79. The summed E-state index contributed by atoms with van der Waals surface area (Å²) in [5.74, 6) is 1.37. The molecule has 1 fully saturated rings. The summed E-state index contributed by atoms with van der Waals surface area (Å²) in [5.41, 5.74) is 2.06. The fourth-order valence-corrected chi connectivity index (χ4v) is 3.68. The zero-order valence-corrected chi connectivity index (χ0v) is 16.6. The van der Waals surface area contributed by atoms with E-state index < -0.39 is 0 Å². The minimum atomic E-state index is -0.229. The van der Waals surface area contributed by atoms with Crippen LogP contribution < -0.4 is 15.4 Å². The fourth-order valence-electron chi connectivity index (χ4n) is 3.68. The Kier molecular flexibility index (Phi) is 7.25. The summed E-state index contributed by atoms with van der Waals surface area (Å²) in [5, 5.41) is 6.69. The molecule has 150 valence electrons. The molecule has 3 rings (SSSR count). The molecular formula is C22H29FN4O. The van der Waals surface area contributed by atoms with Gasteiger partial charge in [-0.25, -0.2) is 4.39 Å². The zero-order chi connectivity index (χ0) is 19.8. The number of ether oxygens (including phenoxy) is 1. The highest BCUT2D eigenvalue weighted by Crippen LogP contribution is 2.31. The number of nitrogens with one attached hydrogen (secondary N) is 2. The van der Waals surface area contributed by atoms with Gasteiger partial charge in [0.2, 0.25) is 0 Å². The lowest BCUT2D eigenvalue weighted by atomic mass is 10.0. The molecule has 28 heavy (non-hydrogen) atoms. The van der Waals surface area contributed by atoms with Gasteiger partial charge in [-0.3, -0.25) is 9.89 Å². The Bertz CT molecular complexity index is 790. The van der Waals surface area contributed by atoms with Gasteiger partial charge in [-0.05, 0) is 49.7 Å². The number of para-hydroxylation sites is 1. The van der Waals surface area contributed by atoms with Crippen molar-refractivity contribution in [2.75, 3.05) is 33.8 Å². The van der Waals surface area contributed by atoms with E-state index in [2.05, 4.69) is 32.7 Å². The first-order valence-corrected chi connectivity index (χ1v) is 9.77. The maximum Gasteiger partial charge on any atom is 0.191 e. The molecule has 1 unspecified atom stereocenters. The van der Waals surface area contributed by atoms with Crippen LogP contribution >= 0.6 is 0 Å². The molecule has 6 heteroatoms. The lowest BCUT2D eigenvalue weighted by Gasteiger charge is -2.30. The van der Waals surface area contributed by atoms with E-state index in [4.69, 9.17) is 4.74 Å². The molecule has 1 aliphatic heterocycles. The van der Waals surface area contributed by atoms with E-state index in [1.165, 1.54) is 30.5 Å². The first kappa shape index (κ1) is 20.1. The number of methoxy groups -OCH3 is 1. The van der Waals surface area contributed by atoms with E-state index >= 15 is 0 Å². The van der Waals surface area contributed by atoms with Crippen LogP contribution in [0.4, 0.5) is 4.39 Å². The van der Waals surface area contributed by atoms with E-state index in [-0.39, 0.29) is 11.9 Å². The van der Waals surface area contributed by atoms with Crippen LogP contribution in [0.5, 0.6) is 5.75 Å². The number of rotatable bonds is 7. The summed E-state index contributed by atoms with van der Waals surface area (Å²) in [6.07, 6.45) is 2.44. The number of halogens is 1. The molecule has 2 N–H and O–H groups in total. The second-order valence-corrected chi connectivity index (χ2v) is 6.94. The topological polar surface area (TPSA) is 48.9 Å². The van der Waals surface area contributed by atoms with Crippen molar-refractivity contribution in [2.24, 2.45) is 4.99 Å². The predicted octanol–water partition coefficient (Wildman–Crippen LogP) is 3.34. The second-order valence-electron chi connectivity index (χ2n) is 6.94. The van der Waals surface area contributed by atoms with E-state index in [0.29, 0.717) is 19.0 Å². The van der Waals surface area contributed by atoms with Crippen LogP contribution in [-0.4, -0.2) is 44.7 Å². The average Bonchev–Trinajstić information content (AvgIpc) is 3.25. The standard InChI is InChI=1S/C22H29FN4O/c1-24-22(25-15-17-8-7-9-18(23)14-17)26-16-20(27-12-5-6-13-27)19-10-3-4-11-21(19)28-2/h3-4,7-11,14,20H,5-6,12-13,15-16H2,1-2H3,(H2,24,25,26). The number of guanidine groups is 1. The molecular weight excluding hydrogens is 355 g/mol. The Morgan fingerprint density at radius 3 is 2.64 bits per heavy atom. The van der Waals surface area contributed by atoms with Crippen molar-refractivity contribution in [1.82, 2.24) is 15.5 Å². The Hall–Kier alpha value is -2.60.